The molecule has 0 bridgehead atoms. The first-order valence-corrected chi connectivity index (χ1v) is 6.65. The van der Waals surface area contributed by atoms with Gasteiger partial charge in [0.05, 0.1) is 7.11 Å². The molecular weight excluding hydrogens is 224 g/mol. The summed E-state index contributed by atoms with van der Waals surface area (Å²) in [6.07, 6.45) is 3.54. The highest BCUT2D eigenvalue weighted by molar-refractivity contribution is 5.34. The first-order chi connectivity index (χ1) is 8.60. The quantitative estimate of drug-likeness (QED) is 0.837. The molecule has 0 aromatic heterocycles. The predicted molar refractivity (Wildman–Crippen MR) is 74.9 cm³/mol. The molecular formula is C15H24N2O. The van der Waals surface area contributed by atoms with Crippen LogP contribution in [0, 0.1) is 0 Å². The van der Waals surface area contributed by atoms with E-state index < -0.39 is 0 Å². The second kappa shape index (κ2) is 5.29. The van der Waals surface area contributed by atoms with E-state index in [0.717, 1.165) is 12.2 Å². The summed E-state index contributed by atoms with van der Waals surface area (Å²) in [5.41, 5.74) is 7.28. The van der Waals surface area contributed by atoms with E-state index in [1.54, 1.807) is 7.11 Å². The van der Waals surface area contributed by atoms with Gasteiger partial charge in [-0.2, -0.15) is 0 Å². The summed E-state index contributed by atoms with van der Waals surface area (Å²) in [6, 6.07) is 8.93. The molecule has 0 heterocycles. The minimum atomic E-state index is 0.00972. The van der Waals surface area contributed by atoms with Gasteiger partial charge in [0, 0.05) is 18.1 Å². The number of hydrogen-bond donors (Lipinski definition) is 1. The Bertz CT molecular complexity index is 403. The Balaban J connectivity index is 2.18. The van der Waals surface area contributed by atoms with Crippen molar-refractivity contribution in [2.24, 2.45) is 5.73 Å². The molecule has 1 aliphatic rings. The van der Waals surface area contributed by atoms with Gasteiger partial charge in [0.25, 0.3) is 0 Å². The third kappa shape index (κ3) is 2.68. The molecule has 2 rings (SSSR count). The zero-order valence-corrected chi connectivity index (χ0v) is 11.6. The molecule has 1 fully saturated rings. The van der Waals surface area contributed by atoms with E-state index in [2.05, 4.69) is 31.0 Å². The van der Waals surface area contributed by atoms with E-state index in [1.807, 2.05) is 12.1 Å². The zero-order chi connectivity index (χ0) is 13.2. The third-order valence-corrected chi connectivity index (χ3v) is 4.15. The molecule has 100 valence electrons. The van der Waals surface area contributed by atoms with Crippen molar-refractivity contribution in [1.82, 2.24) is 4.90 Å². The van der Waals surface area contributed by atoms with Crippen LogP contribution in [-0.4, -0.2) is 37.2 Å². The topological polar surface area (TPSA) is 38.5 Å². The molecule has 1 unspecified atom stereocenters. The Hall–Kier alpha value is -1.06. The second-order valence-electron chi connectivity index (χ2n) is 5.53. The molecule has 2 N–H and O–H groups in total. The second-order valence-corrected chi connectivity index (χ2v) is 5.53. The van der Waals surface area contributed by atoms with Crippen LogP contribution < -0.4 is 10.5 Å². The van der Waals surface area contributed by atoms with E-state index >= 15 is 0 Å². The Kier molecular flexibility index (Phi) is 3.93. The summed E-state index contributed by atoms with van der Waals surface area (Å²) >= 11 is 0. The first kappa shape index (κ1) is 13.4. The molecule has 18 heavy (non-hydrogen) atoms. The maximum atomic E-state index is 6.03. The number of nitrogens with two attached hydrogens (primary N) is 1. The molecule has 0 radical (unpaired) electrons. The fraction of sp³-hybridized carbons (Fsp3) is 0.600. The molecule has 3 nitrogen and oxygen atoms in total. The lowest BCUT2D eigenvalue weighted by atomic mass is 9.90. The molecule has 0 saturated heterocycles. The van der Waals surface area contributed by atoms with Crippen LogP contribution in [-0.2, 0) is 6.42 Å². The number of benzene rings is 1. The van der Waals surface area contributed by atoms with Gasteiger partial charge in [-0.05, 0) is 44.9 Å². The molecule has 0 spiro atoms. The lowest BCUT2D eigenvalue weighted by Crippen LogP contribution is -2.52. The molecule has 3 heteroatoms. The Morgan fingerprint density at radius 2 is 2.06 bits per heavy atom. The molecule has 0 aliphatic heterocycles. The van der Waals surface area contributed by atoms with Crippen molar-refractivity contribution < 1.29 is 4.74 Å². The van der Waals surface area contributed by atoms with Crippen LogP contribution in [0.2, 0.25) is 0 Å². The van der Waals surface area contributed by atoms with Crippen LogP contribution in [0.4, 0.5) is 0 Å². The number of ether oxygens (including phenoxy) is 1. The van der Waals surface area contributed by atoms with Crippen molar-refractivity contribution in [3.8, 4) is 5.75 Å². The first-order valence-electron chi connectivity index (χ1n) is 6.65. The Morgan fingerprint density at radius 1 is 1.39 bits per heavy atom. The number of hydrogen-bond acceptors (Lipinski definition) is 3. The Labute approximate surface area is 110 Å². The lowest BCUT2D eigenvalue weighted by Gasteiger charge is -2.38. The fourth-order valence-electron chi connectivity index (χ4n) is 2.50. The zero-order valence-electron chi connectivity index (χ0n) is 11.6. The summed E-state index contributed by atoms with van der Waals surface area (Å²) in [5.74, 6) is 0.960. The summed E-state index contributed by atoms with van der Waals surface area (Å²) in [4.78, 5) is 2.44. The number of likely N-dealkylation sites (N-methyl/N-ethyl adjacent to an activating group) is 1. The van der Waals surface area contributed by atoms with Crippen molar-refractivity contribution in [3.05, 3.63) is 29.8 Å². The summed E-state index contributed by atoms with van der Waals surface area (Å²) in [6.45, 7) is 2.91. The van der Waals surface area contributed by atoms with E-state index in [-0.39, 0.29) is 5.54 Å². The van der Waals surface area contributed by atoms with Crippen molar-refractivity contribution in [1.29, 1.82) is 0 Å². The number of para-hydroxylation sites is 1. The minimum Gasteiger partial charge on any atom is -0.496 e. The van der Waals surface area contributed by atoms with Gasteiger partial charge in [-0.25, -0.2) is 0 Å². The molecule has 1 aliphatic carbocycles. The van der Waals surface area contributed by atoms with Crippen LogP contribution >= 0.6 is 0 Å². The van der Waals surface area contributed by atoms with Crippen molar-refractivity contribution >= 4 is 0 Å². The van der Waals surface area contributed by atoms with Gasteiger partial charge in [0.15, 0.2) is 0 Å². The van der Waals surface area contributed by atoms with Crippen molar-refractivity contribution in [3.63, 3.8) is 0 Å². The van der Waals surface area contributed by atoms with Crippen molar-refractivity contribution in [2.75, 3.05) is 20.7 Å². The average molecular weight is 248 g/mol. The number of nitrogens with zero attached hydrogens (tertiary/aromatic N) is 1. The summed E-state index contributed by atoms with van der Waals surface area (Å²) in [7, 11) is 3.92. The van der Waals surface area contributed by atoms with Gasteiger partial charge >= 0.3 is 0 Å². The van der Waals surface area contributed by atoms with E-state index in [9.17, 15) is 0 Å². The SMILES string of the molecule is COc1ccccc1CC(C)(CN)N(C)C1CC1. The van der Waals surface area contributed by atoms with Gasteiger partial charge in [0.1, 0.15) is 5.75 Å². The Morgan fingerprint density at radius 3 is 2.61 bits per heavy atom. The van der Waals surface area contributed by atoms with Crippen LogP contribution in [0.5, 0.6) is 5.75 Å². The fourth-order valence-corrected chi connectivity index (χ4v) is 2.50. The molecule has 0 amide bonds. The van der Waals surface area contributed by atoms with Gasteiger partial charge in [-0.1, -0.05) is 18.2 Å². The average Bonchev–Trinajstić information content (AvgIpc) is 3.22. The summed E-state index contributed by atoms with van der Waals surface area (Å²) < 4.78 is 5.43. The minimum absolute atomic E-state index is 0.00972. The van der Waals surface area contributed by atoms with Crippen molar-refractivity contribution in [2.45, 2.75) is 37.8 Å². The molecule has 1 atom stereocenters. The van der Waals surface area contributed by atoms with Gasteiger partial charge < -0.3 is 10.5 Å². The molecule has 1 aromatic rings. The highest BCUT2D eigenvalue weighted by Gasteiger charge is 2.38. The van der Waals surface area contributed by atoms with Gasteiger partial charge in [-0.3, -0.25) is 4.90 Å². The van der Waals surface area contributed by atoms with E-state index in [4.69, 9.17) is 10.5 Å². The maximum Gasteiger partial charge on any atom is 0.122 e. The van der Waals surface area contributed by atoms with Gasteiger partial charge in [-0.15, -0.1) is 0 Å². The number of methoxy groups -OCH3 is 1. The maximum absolute atomic E-state index is 6.03. The standard InChI is InChI=1S/C15H24N2O/c1-15(11-16,17(2)13-8-9-13)10-12-6-4-5-7-14(12)18-3/h4-7,13H,8-11,16H2,1-3H3. The molecule has 1 saturated carbocycles. The van der Waals surface area contributed by atoms with Gasteiger partial charge in [0.2, 0.25) is 0 Å². The van der Waals surface area contributed by atoms with Crippen LogP contribution in [0.25, 0.3) is 0 Å². The molecule has 1 aromatic carbocycles. The monoisotopic (exact) mass is 248 g/mol. The highest BCUT2D eigenvalue weighted by Crippen LogP contribution is 2.34. The predicted octanol–water partition coefficient (Wildman–Crippen LogP) is 2.05. The smallest absolute Gasteiger partial charge is 0.122 e. The van der Waals surface area contributed by atoms with E-state index in [1.165, 1.54) is 18.4 Å². The summed E-state index contributed by atoms with van der Waals surface area (Å²) in [5, 5.41) is 0. The van der Waals surface area contributed by atoms with Crippen LogP contribution in [0.15, 0.2) is 24.3 Å². The largest absolute Gasteiger partial charge is 0.496 e. The normalized spacial score (nSPS) is 18.7. The lowest BCUT2D eigenvalue weighted by molar-refractivity contribution is 0.134. The van der Waals surface area contributed by atoms with E-state index in [0.29, 0.717) is 12.6 Å². The third-order valence-electron chi connectivity index (χ3n) is 4.15. The highest BCUT2D eigenvalue weighted by atomic mass is 16.5. The number of rotatable bonds is 6. The van der Waals surface area contributed by atoms with Crippen LogP contribution in [0.3, 0.4) is 0 Å². The van der Waals surface area contributed by atoms with Crippen LogP contribution in [0.1, 0.15) is 25.3 Å².